The van der Waals surface area contributed by atoms with Crippen molar-refractivity contribution < 1.29 is 19.2 Å². The zero-order valence-electron chi connectivity index (χ0n) is 18.9. The smallest absolute Gasteiger partial charge is 0.149 e. The van der Waals surface area contributed by atoms with E-state index in [1.54, 1.807) is 6.08 Å². The van der Waals surface area contributed by atoms with Crippen LogP contribution in [-0.4, -0.2) is 47.6 Å². The largest absolute Gasteiger partial charge is 0.393 e. The number of ketones is 2. The fourth-order valence-corrected chi connectivity index (χ4v) is 5.37. The lowest BCUT2D eigenvalue weighted by molar-refractivity contribution is -0.134. The molecule has 0 radical (unpaired) electrons. The second-order valence-electron chi connectivity index (χ2n) is 9.39. The molecule has 3 saturated carbocycles. The predicted octanol–water partition coefficient (Wildman–Crippen LogP) is 5.26. The van der Waals surface area contributed by atoms with E-state index >= 15 is 0 Å². The second kappa shape index (κ2) is 11.9. The molecular formula is C24H36ClNO4S. The van der Waals surface area contributed by atoms with Crippen molar-refractivity contribution in [2.75, 3.05) is 19.0 Å². The highest BCUT2D eigenvalue weighted by Crippen LogP contribution is 2.42. The molecule has 3 fully saturated rings. The molecule has 174 valence electrons. The molecule has 5 nitrogen and oxygen atoms in total. The van der Waals surface area contributed by atoms with Crippen LogP contribution < -0.4 is 0 Å². The van der Waals surface area contributed by atoms with E-state index in [1.165, 1.54) is 5.54 Å². The summed E-state index contributed by atoms with van der Waals surface area (Å²) in [5, 5.41) is 4.93. The van der Waals surface area contributed by atoms with E-state index in [4.69, 9.17) is 21.2 Å². The van der Waals surface area contributed by atoms with Crippen molar-refractivity contribution in [2.24, 2.45) is 34.7 Å². The number of carbonyl (C=O) groups excluding carboxylic acids is 2. The molecule has 0 bridgehead atoms. The summed E-state index contributed by atoms with van der Waals surface area (Å²) >= 11 is 7.45. The highest BCUT2D eigenvalue weighted by atomic mass is 35.5. The van der Waals surface area contributed by atoms with E-state index in [0.717, 1.165) is 31.4 Å². The Morgan fingerprint density at radius 1 is 1.29 bits per heavy atom. The van der Waals surface area contributed by atoms with E-state index < -0.39 is 5.92 Å². The standard InChI is InChI=1S/C24H36ClNO4S/c1-4-16(3)31-14-17-11-20(27)23(21(28)12-17)24(18-6-7-18)26-30-13-22(19-10-15(19)2)29-9-5-8-25/h5,8,15-19,22-23H,4,6-7,9-14H2,1-3H3/b8-5+,26-24+. The summed E-state index contributed by atoms with van der Waals surface area (Å²) in [6.45, 7) is 7.34. The van der Waals surface area contributed by atoms with Crippen LogP contribution in [0.3, 0.4) is 0 Å². The third kappa shape index (κ3) is 7.33. The fourth-order valence-electron chi connectivity index (χ4n) is 4.23. The number of hydrogen-bond donors (Lipinski definition) is 0. The Hall–Kier alpha value is -0.850. The van der Waals surface area contributed by atoms with Gasteiger partial charge in [-0.3, -0.25) is 9.59 Å². The summed E-state index contributed by atoms with van der Waals surface area (Å²) in [4.78, 5) is 31.6. The summed E-state index contributed by atoms with van der Waals surface area (Å²) in [6.07, 6.45) is 6.84. The Morgan fingerprint density at radius 2 is 1.97 bits per heavy atom. The molecule has 0 aliphatic heterocycles. The van der Waals surface area contributed by atoms with Crippen molar-refractivity contribution in [1.29, 1.82) is 0 Å². The number of halogens is 1. The lowest BCUT2D eigenvalue weighted by atomic mass is 9.77. The number of carbonyl (C=O) groups is 2. The van der Waals surface area contributed by atoms with Gasteiger partial charge in [-0.05, 0) is 55.3 Å². The Bertz CT molecular complexity index is 675. The zero-order chi connectivity index (χ0) is 22.4. The second-order valence-corrected chi connectivity index (χ2v) is 11.1. The maximum Gasteiger partial charge on any atom is 0.149 e. The molecule has 0 amide bonds. The van der Waals surface area contributed by atoms with Gasteiger partial charge in [0.1, 0.15) is 24.1 Å². The molecule has 31 heavy (non-hydrogen) atoms. The minimum Gasteiger partial charge on any atom is -0.393 e. The van der Waals surface area contributed by atoms with Crippen LogP contribution in [0.15, 0.2) is 16.8 Å². The molecule has 7 heteroatoms. The van der Waals surface area contributed by atoms with Crippen LogP contribution in [0.25, 0.3) is 0 Å². The minimum absolute atomic E-state index is 0.0242. The zero-order valence-corrected chi connectivity index (χ0v) is 20.5. The van der Waals surface area contributed by atoms with Gasteiger partial charge in [0.2, 0.25) is 0 Å². The van der Waals surface area contributed by atoms with Gasteiger partial charge in [0.15, 0.2) is 0 Å². The van der Waals surface area contributed by atoms with Gasteiger partial charge >= 0.3 is 0 Å². The van der Waals surface area contributed by atoms with Crippen molar-refractivity contribution in [3.8, 4) is 0 Å². The first-order chi connectivity index (χ1) is 14.9. The number of rotatable bonds is 13. The Balaban J connectivity index is 1.57. The third-order valence-corrected chi connectivity index (χ3v) is 8.40. The fraction of sp³-hybridized carbons (Fsp3) is 0.792. The van der Waals surface area contributed by atoms with Crippen LogP contribution in [0.4, 0.5) is 0 Å². The maximum absolute atomic E-state index is 12.9. The molecule has 0 aromatic rings. The normalized spacial score (nSPS) is 31.2. The van der Waals surface area contributed by atoms with Crippen molar-refractivity contribution in [2.45, 2.75) is 70.7 Å². The highest BCUT2D eigenvalue weighted by molar-refractivity contribution is 7.99. The molecule has 3 rings (SSSR count). The van der Waals surface area contributed by atoms with Gasteiger partial charge in [0.05, 0.1) is 18.4 Å². The maximum atomic E-state index is 12.9. The van der Waals surface area contributed by atoms with Crippen LogP contribution in [0.2, 0.25) is 0 Å². The van der Waals surface area contributed by atoms with Gasteiger partial charge in [-0.1, -0.05) is 37.5 Å². The summed E-state index contributed by atoms with van der Waals surface area (Å²) < 4.78 is 5.89. The topological polar surface area (TPSA) is 65.0 Å². The van der Waals surface area contributed by atoms with Crippen molar-refractivity contribution in [3.05, 3.63) is 11.6 Å². The first-order valence-corrected chi connectivity index (χ1v) is 13.2. The first-order valence-electron chi connectivity index (χ1n) is 11.7. The summed E-state index contributed by atoms with van der Waals surface area (Å²) in [5.41, 5.74) is 2.11. The molecule has 0 heterocycles. The molecule has 3 aliphatic carbocycles. The number of thioether (sulfide) groups is 1. The quantitative estimate of drug-likeness (QED) is 0.209. The van der Waals surface area contributed by atoms with Crippen LogP contribution in [0, 0.1) is 29.6 Å². The molecule has 0 aromatic heterocycles. The molecule has 0 spiro atoms. The van der Waals surface area contributed by atoms with E-state index in [9.17, 15) is 9.59 Å². The Labute approximate surface area is 195 Å². The number of ether oxygens (including phenoxy) is 1. The van der Waals surface area contributed by atoms with Gasteiger partial charge in [0, 0.05) is 29.5 Å². The average molecular weight is 470 g/mol. The van der Waals surface area contributed by atoms with Crippen LogP contribution >= 0.6 is 23.4 Å². The number of hydrogen-bond acceptors (Lipinski definition) is 6. The average Bonchev–Trinajstić information content (AvgIpc) is 3.66. The number of nitrogens with zero attached hydrogens (tertiary/aromatic N) is 1. The van der Waals surface area contributed by atoms with Gasteiger partial charge in [-0.2, -0.15) is 11.8 Å². The molecule has 0 saturated heterocycles. The van der Waals surface area contributed by atoms with E-state index in [2.05, 4.69) is 25.9 Å². The van der Waals surface area contributed by atoms with E-state index in [-0.39, 0.29) is 29.5 Å². The molecule has 3 aliphatic rings. The number of oxime groups is 1. The molecule has 0 aromatic carbocycles. The van der Waals surface area contributed by atoms with E-state index in [1.807, 2.05) is 11.8 Å². The molecule has 0 N–H and O–H groups in total. The summed E-state index contributed by atoms with van der Waals surface area (Å²) in [5.74, 6) is 1.67. The monoisotopic (exact) mass is 469 g/mol. The Morgan fingerprint density at radius 3 is 2.52 bits per heavy atom. The summed E-state index contributed by atoms with van der Waals surface area (Å²) in [7, 11) is 0. The van der Waals surface area contributed by atoms with Crippen LogP contribution in [-0.2, 0) is 19.2 Å². The van der Waals surface area contributed by atoms with Crippen LogP contribution in [0.5, 0.6) is 0 Å². The van der Waals surface area contributed by atoms with Crippen molar-refractivity contribution in [1.82, 2.24) is 0 Å². The highest BCUT2D eigenvalue weighted by Gasteiger charge is 2.45. The lowest BCUT2D eigenvalue weighted by Gasteiger charge is -2.27. The summed E-state index contributed by atoms with van der Waals surface area (Å²) in [6, 6.07) is 0. The number of Topliss-reactive ketones (excluding diaryl/α,β-unsaturated/α-hetero) is 2. The van der Waals surface area contributed by atoms with Gasteiger partial charge < -0.3 is 9.57 Å². The molecule has 4 atom stereocenters. The minimum atomic E-state index is -0.698. The third-order valence-electron chi connectivity index (χ3n) is 6.66. The van der Waals surface area contributed by atoms with Gasteiger partial charge in [-0.15, -0.1) is 0 Å². The lowest BCUT2D eigenvalue weighted by Crippen LogP contribution is -2.40. The molecular weight excluding hydrogens is 434 g/mol. The molecule has 4 unspecified atom stereocenters. The van der Waals surface area contributed by atoms with E-state index in [0.29, 0.717) is 48.9 Å². The first kappa shape index (κ1) is 24.8. The van der Waals surface area contributed by atoms with Crippen molar-refractivity contribution in [3.63, 3.8) is 0 Å². The SMILES string of the molecule is CCC(C)SCC1CC(=O)C(/C(=N/OCC(OC/C=C/Cl)C2CC2C)C2CC2)C(=O)C1. The Kier molecular flexibility index (Phi) is 9.47. The van der Waals surface area contributed by atoms with Gasteiger partial charge in [-0.25, -0.2) is 0 Å². The van der Waals surface area contributed by atoms with Crippen molar-refractivity contribution >= 4 is 40.6 Å². The predicted molar refractivity (Wildman–Crippen MR) is 127 cm³/mol. The van der Waals surface area contributed by atoms with Crippen LogP contribution in [0.1, 0.15) is 59.3 Å². The van der Waals surface area contributed by atoms with Gasteiger partial charge in [0.25, 0.3) is 0 Å².